The minimum Gasteiger partial charge on any atom is -0.373 e. The highest BCUT2D eigenvalue weighted by Crippen LogP contribution is 2.31. The van der Waals surface area contributed by atoms with Crippen LogP contribution in [0.15, 0.2) is 59.9 Å². The van der Waals surface area contributed by atoms with Crippen molar-refractivity contribution in [3.8, 4) is 11.3 Å². The minimum absolute atomic E-state index is 0.0417. The molecule has 3 aromatic rings. The van der Waals surface area contributed by atoms with Crippen molar-refractivity contribution in [2.24, 2.45) is 4.99 Å². The number of allylic oxidation sites excluding steroid dienone is 1. The molecule has 1 amide bonds. The first-order valence-corrected chi connectivity index (χ1v) is 12.1. The Bertz CT molecular complexity index is 1260. The van der Waals surface area contributed by atoms with Crippen molar-refractivity contribution in [1.29, 1.82) is 0 Å². The molecule has 34 heavy (non-hydrogen) atoms. The maximum absolute atomic E-state index is 14.0. The number of amides is 1. The minimum atomic E-state index is 0.0417. The van der Waals surface area contributed by atoms with Gasteiger partial charge in [-0.2, -0.15) is 10.2 Å². The van der Waals surface area contributed by atoms with Gasteiger partial charge in [-0.05, 0) is 25.3 Å². The molecule has 1 atom stereocenters. The second-order valence-corrected chi connectivity index (χ2v) is 9.02. The molecule has 2 aromatic heterocycles. The lowest BCUT2D eigenvalue weighted by Crippen LogP contribution is -2.39. The Hall–Kier alpha value is -3.52. The van der Waals surface area contributed by atoms with Gasteiger partial charge in [-0.25, -0.2) is 0 Å². The van der Waals surface area contributed by atoms with Crippen LogP contribution in [0.3, 0.4) is 0 Å². The van der Waals surface area contributed by atoms with E-state index in [1.807, 2.05) is 57.0 Å². The fraction of sp³-hybridized carbons (Fsp3) is 0.385. The van der Waals surface area contributed by atoms with E-state index in [2.05, 4.69) is 22.2 Å². The molecule has 174 valence electrons. The van der Waals surface area contributed by atoms with E-state index >= 15 is 0 Å². The lowest BCUT2D eigenvalue weighted by Gasteiger charge is -2.26. The number of hydrogen-bond acceptors (Lipinski definition) is 5. The van der Waals surface area contributed by atoms with Gasteiger partial charge in [0.15, 0.2) is 0 Å². The summed E-state index contributed by atoms with van der Waals surface area (Å²) < 4.78 is 9.62. The lowest BCUT2D eigenvalue weighted by atomic mass is 10.0. The number of benzene rings is 1. The third-order valence-electron chi connectivity index (χ3n) is 6.82. The first-order chi connectivity index (χ1) is 16.8. The van der Waals surface area contributed by atoms with Crippen LogP contribution in [0, 0.1) is 0 Å². The van der Waals surface area contributed by atoms with Crippen LogP contribution in [0.5, 0.6) is 0 Å². The summed E-state index contributed by atoms with van der Waals surface area (Å²) in [4.78, 5) is 20.6. The van der Waals surface area contributed by atoms with Gasteiger partial charge in [0.05, 0.1) is 55.5 Å². The van der Waals surface area contributed by atoms with Crippen molar-refractivity contribution in [3.05, 3.63) is 71.7 Å². The standard InChI is InChI=1S/C26H28N6O2/c33-26(24-23-18-34-14-13-32(23)29-25(24)19-7-2-1-3-8-19)31-12-6-9-21(31)17-30-16-20(15-28-30)22-10-4-5-11-27-22/h1-4,7-8,10,15-16,21H,5-6,9,11-14,17-18H2/t21-/m0/s1. The van der Waals surface area contributed by atoms with E-state index in [9.17, 15) is 4.79 Å². The Morgan fingerprint density at radius 1 is 1.15 bits per heavy atom. The van der Waals surface area contributed by atoms with Gasteiger partial charge in [-0.15, -0.1) is 0 Å². The number of dihydropyridines is 1. The maximum Gasteiger partial charge on any atom is 0.258 e. The quantitative estimate of drug-likeness (QED) is 0.590. The summed E-state index contributed by atoms with van der Waals surface area (Å²) in [6, 6.07) is 10.1. The van der Waals surface area contributed by atoms with Crippen molar-refractivity contribution in [3.63, 3.8) is 0 Å². The topological polar surface area (TPSA) is 77.5 Å². The highest BCUT2D eigenvalue weighted by molar-refractivity contribution is 6.08. The number of aliphatic imine (C=N–C) groups is 1. The van der Waals surface area contributed by atoms with Crippen LogP contribution in [-0.2, 0) is 24.4 Å². The highest BCUT2D eigenvalue weighted by atomic mass is 16.5. The molecule has 5 heterocycles. The Labute approximate surface area is 198 Å². The Morgan fingerprint density at radius 3 is 2.91 bits per heavy atom. The predicted molar refractivity (Wildman–Crippen MR) is 129 cm³/mol. The number of hydrogen-bond donors (Lipinski definition) is 0. The molecule has 0 radical (unpaired) electrons. The van der Waals surface area contributed by atoms with Crippen molar-refractivity contribution >= 4 is 11.6 Å². The van der Waals surface area contributed by atoms with Crippen molar-refractivity contribution in [1.82, 2.24) is 24.5 Å². The number of aromatic nitrogens is 4. The molecule has 8 heteroatoms. The van der Waals surface area contributed by atoms with Crippen LogP contribution < -0.4 is 0 Å². The van der Waals surface area contributed by atoms with Gasteiger partial charge in [0.2, 0.25) is 0 Å². The van der Waals surface area contributed by atoms with Gasteiger partial charge >= 0.3 is 0 Å². The third-order valence-corrected chi connectivity index (χ3v) is 6.82. The van der Waals surface area contributed by atoms with Crippen LogP contribution in [0.2, 0.25) is 0 Å². The fourth-order valence-electron chi connectivity index (χ4n) is 5.11. The van der Waals surface area contributed by atoms with Gasteiger partial charge in [0.1, 0.15) is 5.69 Å². The number of rotatable bonds is 5. The number of fused-ring (bicyclic) bond motifs is 1. The number of carbonyl (C=O) groups is 1. The Balaban J connectivity index is 1.28. The van der Waals surface area contributed by atoms with Gasteiger partial charge in [0.25, 0.3) is 5.91 Å². The Kier molecular flexibility index (Phi) is 5.58. The zero-order valence-electron chi connectivity index (χ0n) is 19.1. The van der Waals surface area contributed by atoms with E-state index in [1.54, 1.807) is 0 Å². The SMILES string of the molecule is O=C(c1c(-c2ccccc2)nn2c1COCC2)N1CCC[C@H]1Cn1cc(C2=NCCC=C2)cn1. The van der Waals surface area contributed by atoms with E-state index in [4.69, 9.17) is 9.84 Å². The summed E-state index contributed by atoms with van der Waals surface area (Å²) in [5.74, 6) is 0.0417. The summed E-state index contributed by atoms with van der Waals surface area (Å²) in [6.45, 7) is 3.93. The Morgan fingerprint density at radius 2 is 2.06 bits per heavy atom. The first kappa shape index (κ1) is 21.0. The molecule has 0 N–H and O–H groups in total. The molecule has 3 aliphatic rings. The molecule has 0 bridgehead atoms. The maximum atomic E-state index is 14.0. The molecule has 0 spiro atoms. The zero-order valence-corrected chi connectivity index (χ0v) is 19.1. The van der Waals surface area contributed by atoms with Gasteiger partial charge < -0.3 is 9.64 Å². The molecule has 3 aliphatic heterocycles. The van der Waals surface area contributed by atoms with Gasteiger partial charge in [-0.1, -0.05) is 36.4 Å². The summed E-state index contributed by atoms with van der Waals surface area (Å²) >= 11 is 0. The number of carbonyl (C=O) groups excluding carboxylic acids is 1. The molecule has 1 fully saturated rings. The molecular weight excluding hydrogens is 428 g/mol. The van der Waals surface area contributed by atoms with Crippen LogP contribution >= 0.6 is 0 Å². The summed E-state index contributed by atoms with van der Waals surface area (Å²) in [5.41, 5.74) is 5.28. The average Bonchev–Trinajstić information content (AvgIpc) is 3.64. The van der Waals surface area contributed by atoms with Crippen molar-refractivity contribution < 1.29 is 9.53 Å². The first-order valence-electron chi connectivity index (χ1n) is 12.1. The molecule has 1 aromatic carbocycles. The highest BCUT2D eigenvalue weighted by Gasteiger charge is 2.35. The van der Waals surface area contributed by atoms with E-state index in [1.165, 1.54) is 0 Å². The second-order valence-electron chi connectivity index (χ2n) is 9.02. The molecular formula is C26H28N6O2. The molecule has 1 saturated heterocycles. The summed E-state index contributed by atoms with van der Waals surface area (Å²) in [5, 5.41) is 9.40. The molecule has 0 aliphatic carbocycles. The lowest BCUT2D eigenvalue weighted by molar-refractivity contribution is 0.0675. The number of likely N-dealkylation sites (tertiary alicyclic amines) is 1. The molecule has 0 saturated carbocycles. The largest absolute Gasteiger partial charge is 0.373 e. The molecule has 8 nitrogen and oxygen atoms in total. The van der Waals surface area contributed by atoms with E-state index in [0.717, 1.165) is 60.6 Å². The van der Waals surface area contributed by atoms with Crippen LogP contribution in [0.1, 0.15) is 40.9 Å². The number of ether oxygens (including phenoxy) is 1. The van der Waals surface area contributed by atoms with E-state index < -0.39 is 0 Å². The number of nitrogens with zero attached hydrogens (tertiary/aromatic N) is 6. The third kappa shape index (κ3) is 3.88. The normalized spacial score (nSPS) is 19.8. The van der Waals surface area contributed by atoms with E-state index in [-0.39, 0.29) is 11.9 Å². The predicted octanol–water partition coefficient (Wildman–Crippen LogP) is 3.33. The molecule has 0 unspecified atom stereocenters. The smallest absolute Gasteiger partial charge is 0.258 e. The molecule has 6 rings (SSSR count). The summed E-state index contributed by atoms with van der Waals surface area (Å²) in [6.07, 6.45) is 11.1. The fourth-order valence-corrected chi connectivity index (χ4v) is 5.11. The van der Waals surface area contributed by atoms with E-state index in [0.29, 0.717) is 31.9 Å². The second kappa shape index (κ2) is 9.02. The van der Waals surface area contributed by atoms with Gasteiger partial charge in [0, 0.05) is 30.4 Å². The van der Waals surface area contributed by atoms with Crippen molar-refractivity contribution in [2.45, 2.75) is 45.0 Å². The van der Waals surface area contributed by atoms with Crippen LogP contribution in [0.25, 0.3) is 11.3 Å². The summed E-state index contributed by atoms with van der Waals surface area (Å²) in [7, 11) is 0. The zero-order chi connectivity index (χ0) is 22.9. The monoisotopic (exact) mass is 456 g/mol. The van der Waals surface area contributed by atoms with Crippen LogP contribution in [0.4, 0.5) is 0 Å². The van der Waals surface area contributed by atoms with Crippen LogP contribution in [-0.4, -0.2) is 61.8 Å². The van der Waals surface area contributed by atoms with Crippen molar-refractivity contribution in [2.75, 3.05) is 19.7 Å². The van der Waals surface area contributed by atoms with Gasteiger partial charge in [-0.3, -0.25) is 19.2 Å². The average molecular weight is 457 g/mol.